The van der Waals surface area contributed by atoms with Crippen molar-refractivity contribution in [3.63, 3.8) is 0 Å². The molecule has 0 bridgehead atoms. The number of aromatic nitrogens is 1. The van der Waals surface area contributed by atoms with Gasteiger partial charge < -0.3 is 15.5 Å². The minimum atomic E-state index is -0.0949. The summed E-state index contributed by atoms with van der Waals surface area (Å²) in [5.41, 5.74) is 2.67. The zero-order valence-electron chi connectivity index (χ0n) is 16.4. The number of anilines is 2. The van der Waals surface area contributed by atoms with Crippen LogP contribution in [0.4, 0.5) is 16.2 Å². The van der Waals surface area contributed by atoms with Crippen LogP contribution in [-0.4, -0.2) is 52.9 Å². The molecule has 3 rings (SSSR count). The van der Waals surface area contributed by atoms with Crippen LogP contribution in [-0.2, 0) is 11.3 Å². The third kappa shape index (κ3) is 5.53. The van der Waals surface area contributed by atoms with Crippen molar-refractivity contribution in [3.05, 3.63) is 54.4 Å². The molecule has 0 unspecified atom stereocenters. The largest absolute Gasteiger partial charge is 0.326 e. The molecule has 28 heavy (non-hydrogen) atoms. The molecule has 1 aliphatic heterocycles. The summed E-state index contributed by atoms with van der Waals surface area (Å²) >= 11 is 0. The molecule has 2 aromatic rings. The molecule has 1 aromatic heterocycles. The molecule has 0 spiro atoms. The molecule has 148 valence electrons. The van der Waals surface area contributed by atoms with Crippen LogP contribution < -0.4 is 10.6 Å². The van der Waals surface area contributed by atoms with Gasteiger partial charge in [0.05, 0.1) is 0 Å². The standard InChI is InChI=1S/C21H27N5O2/c1-16(2)20(27)23-18-3-5-19(6-4-18)24-21(28)26-13-11-25(12-14-26)15-17-7-9-22-10-8-17/h3-10,16H,11-15H2,1-2H3,(H,23,27)(H,24,28). The number of pyridine rings is 1. The first-order chi connectivity index (χ1) is 13.5. The summed E-state index contributed by atoms with van der Waals surface area (Å²) in [6.45, 7) is 7.65. The van der Waals surface area contributed by atoms with Gasteiger partial charge in [-0.3, -0.25) is 14.7 Å². The van der Waals surface area contributed by atoms with E-state index < -0.39 is 0 Å². The summed E-state index contributed by atoms with van der Waals surface area (Å²) in [6, 6.07) is 11.1. The highest BCUT2D eigenvalue weighted by Gasteiger charge is 2.21. The molecular formula is C21H27N5O2. The predicted molar refractivity (Wildman–Crippen MR) is 110 cm³/mol. The van der Waals surface area contributed by atoms with Crippen LogP contribution in [0.3, 0.4) is 0 Å². The topological polar surface area (TPSA) is 77.6 Å². The highest BCUT2D eigenvalue weighted by molar-refractivity contribution is 5.93. The van der Waals surface area contributed by atoms with Crippen molar-refractivity contribution in [2.24, 2.45) is 5.92 Å². The van der Waals surface area contributed by atoms with Crippen LogP contribution in [0.15, 0.2) is 48.8 Å². The van der Waals surface area contributed by atoms with Gasteiger partial charge in [-0.15, -0.1) is 0 Å². The van der Waals surface area contributed by atoms with Gasteiger partial charge in [-0.05, 0) is 42.0 Å². The molecule has 7 nitrogen and oxygen atoms in total. The molecule has 0 saturated carbocycles. The van der Waals surface area contributed by atoms with E-state index in [1.54, 1.807) is 36.7 Å². The van der Waals surface area contributed by atoms with Crippen molar-refractivity contribution in [1.82, 2.24) is 14.8 Å². The number of carbonyl (C=O) groups excluding carboxylic acids is 2. The number of benzene rings is 1. The third-order valence-corrected chi connectivity index (χ3v) is 4.74. The average molecular weight is 381 g/mol. The molecule has 7 heteroatoms. The van der Waals surface area contributed by atoms with Gasteiger partial charge >= 0.3 is 6.03 Å². The molecule has 0 atom stereocenters. The van der Waals surface area contributed by atoms with Gasteiger partial charge in [-0.2, -0.15) is 0 Å². The Balaban J connectivity index is 1.46. The Bertz CT molecular complexity index is 784. The molecule has 0 aliphatic carbocycles. The molecule has 2 heterocycles. The lowest BCUT2D eigenvalue weighted by atomic mass is 10.2. The Hall–Kier alpha value is -2.93. The predicted octanol–water partition coefficient (Wildman–Crippen LogP) is 3.03. The van der Waals surface area contributed by atoms with Crippen molar-refractivity contribution >= 4 is 23.3 Å². The number of nitrogens with one attached hydrogen (secondary N) is 2. The number of urea groups is 1. The van der Waals surface area contributed by atoms with Crippen molar-refractivity contribution in [2.45, 2.75) is 20.4 Å². The van der Waals surface area contributed by atoms with Crippen LogP contribution >= 0.6 is 0 Å². The van der Waals surface area contributed by atoms with Crippen molar-refractivity contribution in [2.75, 3.05) is 36.8 Å². The maximum atomic E-state index is 12.5. The van der Waals surface area contributed by atoms with Crippen molar-refractivity contribution in [1.29, 1.82) is 0 Å². The van der Waals surface area contributed by atoms with Crippen LogP contribution in [0, 0.1) is 5.92 Å². The van der Waals surface area contributed by atoms with Gasteiger partial charge in [0.1, 0.15) is 0 Å². The quantitative estimate of drug-likeness (QED) is 0.835. The fraction of sp³-hybridized carbons (Fsp3) is 0.381. The van der Waals surface area contributed by atoms with Gasteiger partial charge in [-0.1, -0.05) is 13.8 Å². The van der Waals surface area contributed by atoms with Gasteiger partial charge in [0.25, 0.3) is 0 Å². The zero-order chi connectivity index (χ0) is 19.9. The number of carbonyl (C=O) groups is 2. The number of nitrogens with zero attached hydrogens (tertiary/aromatic N) is 3. The maximum absolute atomic E-state index is 12.5. The minimum absolute atomic E-state index is 0.0265. The Morgan fingerprint density at radius 3 is 2.07 bits per heavy atom. The Labute approximate surface area is 165 Å². The summed E-state index contributed by atoms with van der Waals surface area (Å²) in [5, 5.41) is 5.77. The fourth-order valence-corrected chi connectivity index (χ4v) is 2.98. The highest BCUT2D eigenvalue weighted by atomic mass is 16.2. The molecule has 1 aliphatic rings. The third-order valence-electron chi connectivity index (χ3n) is 4.74. The first-order valence-corrected chi connectivity index (χ1v) is 9.59. The van der Waals surface area contributed by atoms with Crippen LogP contribution in [0.5, 0.6) is 0 Å². The van der Waals surface area contributed by atoms with Crippen molar-refractivity contribution in [3.8, 4) is 0 Å². The maximum Gasteiger partial charge on any atom is 0.321 e. The van der Waals surface area contributed by atoms with E-state index in [0.29, 0.717) is 18.8 Å². The normalized spacial score (nSPS) is 14.8. The molecule has 2 N–H and O–H groups in total. The van der Waals surface area contributed by atoms with E-state index in [9.17, 15) is 9.59 Å². The molecule has 1 fully saturated rings. The van der Waals surface area contributed by atoms with Gasteiger partial charge in [-0.25, -0.2) is 4.79 Å². The molecule has 1 aromatic carbocycles. The van der Waals surface area contributed by atoms with Crippen LogP contribution in [0.2, 0.25) is 0 Å². The summed E-state index contributed by atoms with van der Waals surface area (Å²) in [7, 11) is 0. The number of hydrogen-bond donors (Lipinski definition) is 2. The highest BCUT2D eigenvalue weighted by Crippen LogP contribution is 2.16. The lowest BCUT2D eigenvalue weighted by Gasteiger charge is -2.34. The van der Waals surface area contributed by atoms with E-state index >= 15 is 0 Å². The number of amides is 3. The van der Waals surface area contributed by atoms with Crippen LogP contribution in [0.25, 0.3) is 0 Å². The smallest absolute Gasteiger partial charge is 0.321 e. The summed E-state index contributed by atoms with van der Waals surface area (Å²) in [4.78, 5) is 32.4. The minimum Gasteiger partial charge on any atom is -0.326 e. The summed E-state index contributed by atoms with van der Waals surface area (Å²) in [5.74, 6) is -0.0990. The Kier molecular flexibility index (Phi) is 6.60. The number of rotatable bonds is 5. The first-order valence-electron chi connectivity index (χ1n) is 9.59. The summed E-state index contributed by atoms with van der Waals surface area (Å²) < 4.78 is 0. The van der Waals surface area contributed by atoms with Gasteiger partial charge in [0, 0.05) is 62.4 Å². The second-order valence-electron chi connectivity index (χ2n) is 7.27. The number of hydrogen-bond acceptors (Lipinski definition) is 4. The number of piperazine rings is 1. The summed E-state index contributed by atoms with van der Waals surface area (Å²) in [6.07, 6.45) is 3.61. The van der Waals surface area contributed by atoms with Crippen molar-refractivity contribution < 1.29 is 9.59 Å². The molecular weight excluding hydrogens is 354 g/mol. The van der Waals surface area contributed by atoms with Gasteiger partial charge in [0.15, 0.2) is 0 Å². The second kappa shape index (κ2) is 9.32. The monoisotopic (exact) mass is 381 g/mol. The van der Waals surface area contributed by atoms with E-state index in [2.05, 4.69) is 20.5 Å². The zero-order valence-corrected chi connectivity index (χ0v) is 16.4. The van der Waals surface area contributed by atoms with Gasteiger partial charge in [0.2, 0.25) is 5.91 Å². The molecule has 0 radical (unpaired) electrons. The van der Waals surface area contributed by atoms with E-state index in [4.69, 9.17) is 0 Å². The second-order valence-corrected chi connectivity index (χ2v) is 7.27. The SMILES string of the molecule is CC(C)C(=O)Nc1ccc(NC(=O)N2CCN(Cc3ccncc3)CC2)cc1. The fourth-order valence-electron chi connectivity index (χ4n) is 2.98. The molecule has 1 saturated heterocycles. The lowest BCUT2D eigenvalue weighted by Crippen LogP contribution is -2.49. The Morgan fingerprint density at radius 1 is 0.929 bits per heavy atom. The van der Waals surface area contributed by atoms with E-state index in [0.717, 1.165) is 25.3 Å². The van der Waals surface area contributed by atoms with Crippen LogP contribution in [0.1, 0.15) is 19.4 Å². The van der Waals surface area contributed by atoms with E-state index in [1.807, 2.05) is 30.9 Å². The van der Waals surface area contributed by atoms with E-state index in [1.165, 1.54) is 5.56 Å². The molecule has 3 amide bonds. The average Bonchev–Trinajstić information content (AvgIpc) is 2.70. The lowest BCUT2D eigenvalue weighted by molar-refractivity contribution is -0.118. The first kappa shape index (κ1) is 19.8. The van der Waals surface area contributed by atoms with E-state index in [-0.39, 0.29) is 17.9 Å². The Morgan fingerprint density at radius 2 is 1.50 bits per heavy atom.